The number of ether oxygens (including phenoxy) is 2. The van der Waals surface area contributed by atoms with Crippen LogP contribution >= 0.6 is 0 Å². The van der Waals surface area contributed by atoms with Crippen LogP contribution in [0.25, 0.3) is 0 Å². The summed E-state index contributed by atoms with van der Waals surface area (Å²) in [6, 6.07) is 0. The van der Waals surface area contributed by atoms with E-state index in [9.17, 15) is 4.79 Å². The number of hydrogen-bond donors (Lipinski definition) is 0. The molecule has 0 heterocycles. The molecule has 0 fully saturated rings. The van der Waals surface area contributed by atoms with E-state index in [1.165, 1.54) is 0 Å². The van der Waals surface area contributed by atoms with Crippen molar-refractivity contribution in [2.45, 2.75) is 33.3 Å². The van der Waals surface area contributed by atoms with Crippen molar-refractivity contribution in [2.24, 2.45) is 0 Å². The van der Waals surface area contributed by atoms with Gasteiger partial charge >= 0.3 is 5.97 Å². The first-order chi connectivity index (χ1) is 7.13. The maximum Gasteiger partial charge on any atom is 0.337 e. The third-order valence-corrected chi connectivity index (χ3v) is 1.84. The van der Waals surface area contributed by atoms with Crippen molar-refractivity contribution in [3.63, 3.8) is 0 Å². The molecule has 0 unspecified atom stereocenters. The van der Waals surface area contributed by atoms with E-state index in [4.69, 9.17) is 9.47 Å². The number of esters is 1. The predicted molar refractivity (Wildman–Crippen MR) is 57.9 cm³/mol. The van der Waals surface area contributed by atoms with E-state index in [0.717, 1.165) is 5.76 Å². The van der Waals surface area contributed by atoms with Crippen LogP contribution in [0.15, 0.2) is 23.5 Å². The number of carbonyl (C=O) groups excluding carboxylic acids is 1. The van der Waals surface area contributed by atoms with Crippen molar-refractivity contribution in [3.8, 4) is 0 Å². The summed E-state index contributed by atoms with van der Waals surface area (Å²) in [6.45, 7) is 6.10. The molecule has 0 aromatic rings. The largest absolute Gasteiger partial charge is 0.495 e. The highest BCUT2D eigenvalue weighted by Crippen LogP contribution is 2.19. The summed E-state index contributed by atoms with van der Waals surface area (Å²) >= 11 is 0. The molecule has 15 heavy (non-hydrogen) atoms. The maximum atomic E-state index is 11.4. The first-order valence-corrected chi connectivity index (χ1v) is 5.22. The van der Waals surface area contributed by atoms with Crippen LogP contribution in [0.5, 0.6) is 0 Å². The molecule has 0 N–H and O–H groups in total. The zero-order valence-corrected chi connectivity index (χ0v) is 9.45. The Morgan fingerprint density at radius 1 is 1.53 bits per heavy atom. The molecule has 1 rings (SSSR count). The lowest BCUT2D eigenvalue weighted by Crippen LogP contribution is -2.11. The van der Waals surface area contributed by atoms with E-state index in [-0.39, 0.29) is 12.1 Å². The fourth-order valence-corrected chi connectivity index (χ4v) is 1.28. The van der Waals surface area contributed by atoms with Crippen molar-refractivity contribution in [3.05, 3.63) is 29.9 Å². The molecule has 1 aliphatic rings. The molecule has 0 aromatic heterocycles. The van der Waals surface area contributed by atoms with Gasteiger partial charge in [0, 0.05) is 6.42 Å². The highest BCUT2D eigenvalue weighted by Gasteiger charge is 2.14. The smallest absolute Gasteiger partial charge is 0.337 e. The van der Waals surface area contributed by atoms with Crippen LogP contribution in [0.1, 0.15) is 27.2 Å². The average molecular weight is 209 g/mol. The van der Waals surface area contributed by atoms with Gasteiger partial charge in [-0.05, 0) is 33.3 Å². The van der Waals surface area contributed by atoms with Crippen molar-refractivity contribution in [1.82, 2.24) is 0 Å². The van der Waals surface area contributed by atoms with Gasteiger partial charge in [0.2, 0.25) is 0 Å². The van der Waals surface area contributed by atoms with Gasteiger partial charge in [-0.2, -0.15) is 0 Å². The lowest BCUT2D eigenvalue weighted by Gasteiger charge is -2.16. The first-order valence-electron chi connectivity index (χ1n) is 5.22. The second-order valence-electron chi connectivity index (χ2n) is 3.53. The topological polar surface area (TPSA) is 35.5 Å². The quantitative estimate of drug-likeness (QED) is 0.667. The highest BCUT2D eigenvalue weighted by atomic mass is 16.5. The Kier molecular flexibility index (Phi) is 4.40. The maximum absolute atomic E-state index is 11.4. The molecule has 0 atom stereocenters. The van der Waals surface area contributed by atoms with Crippen molar-refractivity contribution >= 4 is 5.97 Å². The summed E-state index contributed by atoms with van der Waals surface area (Å²) in [7, 11) is 0. The normalized spacial score (nSPS) is 15.7. The minimum absolute atomic E-state index is 0.119. The molecule has 0 aliphatic heterocycles. The van der Waals surface area contributed by atoms with Gasteiger partial charge in [0.05, 0.1) is 18.3 Å². The number of hydrogen-bond acceptors (Lipinski definition) is 3. The monoisotopic (exact) mass is 209 g/mol. The lowest BCUT2D eigenvalue weighted by atomic mass is 10.1. The van der Waals surface area contributed by atoms with E-state index < -0.39 is 0 Å². The van der Waals surface area contributed by atoms with Crippen molar-refractivity contribution in [1.29, 1.82) is 0 Å². The molecule has 1 aliphatic carbocycles. The first kappa shape index (κ1) is 11.8. The second-order valence-corrected chi connectivity index (χ2v) is 3.53. The van der Waals surface area contributed by atoms with Gasteiger partial charge in [-0.25, -0.2) is 4.79 Å². The van der Waals surface area contributed by atoms with E-state index in [2.05, 4.69) is 0 Å². The Labute approximate surface area is 90.8 Å². The van der Waals surface area contributed by atoms with Gasteiger partial charge in [-0.15, -0.1) is 0 Å². The van der Waals surface area contributed by atoms with E-state index >= 15 is 0 Å². The van der Waals surface area contributed by atoms with Crippen LogP contribution < -0.4 is 0 Å². The fourth-order valence-electron chi connectivity index (χ4n) is 1.28. The van der Waals surface area contributed by atoms with Crippen LogP contribution in [0.2, 0.25) is 0 Å². The summed E-state index contributed by atoms with van der Waals surface area (Å²) in [6.07, 6.45) is 6.34. The minimum Gasteiger partial charge on any atom is -0.495 e. The fraction of sp³-hybridized carbons (Fsp3) is 0.500. The number of carbonyl (C=O) groups is 1. The molecule has 3 nitrogen and oxygen atoms in total. The van der Waals surface area contributed by atoms with Crippen LogP contribution in [0.4, 0.5) is 0 Å². The van der Waals surface area contributed by atoms with E-state index in [0.29, 0.717) is 18.6 Å². The van der Waals surface area contributed by atoms with Crippen LogP contribution in [-0.4, -0.2) is 18.7 Å². The molecule has 3 heteroatoms. The van der Waals surface area contributed by atoms with Gasteiger partial charge in [0.25, 0.3) is 0 Å². The zero-order valence-electron chi connectivity index (χ0n) is 9.45. The molecular formula is C12H17O3. The Bertz CT molecular complexity index is 287. The molecule has 0 saturated carbocycles. The summed E-state index contributed by atoms with van der Waals surface area (Å²) in [4.78, 5) is 11.4. The minimum atomic E-state index is -0.282. The third-order valence-electron chi connectivity index (χ3n) is 1.84. The summed E-state index contributed by atoms with van der Waals surface area (Å²) < 4.78 is 10.4. The van der Waals surface area contributed by atoms with E-state index in [1.54, 1.807) is 13.0 Å². The van der Waals surface area contributed by atoms with Crippen LogP contribution in [0, 0.1) is 6.42 Å². The van der Waals surface area contributed by atoms with Gasteiger partial charge in [0.1, 0.15) is 5.76 Å². The van der Waals surface area contributed by atoms with Gasteiger partial charge in [-0.3, -0.25) is 0 Å². The Hall–Kier alpha value is -1.25. The summed E-state index contributed by atoms with van der Waals surface area (Å²) in [5.41, 5.74) is 0.579. The zero-order chi connectivity index (χ0) is 11.3. The third kappa shape index (κ3) is 3.78. The van der Waals surface area contributed by atoms with Crippen LogP contribution in [-0.2, 0) is 14.3 Å². The Morgan fingerprint density at radius 3 is 2.87 bits per heavy atom. The Morgan fingerprint density at radius 2 is 2.27 bits per heavy atom. The standard InChI is InChI=1S/C12H17O3/c1-4-14-12(13)10-6-5-7-11(8-10)15-9(2)3/h6-9H,4-5H2,1-3H3. The number of allylic oxidation sites excluding steroid dienone is 2. The van der Waals surface area contributed by atoms with Crippen LogP contribution in [0.3, 0.4) is 0 Å². The second kappa shape index (κ2) is 5.59. The Balaban J connectivity index is 2.63. The van der Waals surface area contributed by atoms with Gasteiger partial charge in [0.15, 0.2) is 0 Å². The molecule has 0 spiro atoms. The molecule has 0 bridgehead atoms. The van der Waals surface area contributed by atoms with Crippen molar-refractivity contribution < 1.29 is 14.3 Å². The molecule has 0 saturated heterocycles. The molecular weight excluding hydrogens is 192 g/mol. The lowest BCUT2D eigenvalue weighted by molar-refractivity contribution is -0.138. The summed E-state index contributed by atoms with van der Waals surface area (Å²) in [5, 5.41) is 0. The van der Waals surface area contributed by atoms with Gasteiger partial charge in [-0.1, -0.05) is 6.08 Å². The molecule has 1 radical (unpaired) electrons. The SMILES string of the molecule is CCOC(=O)C1=CC[CH]C(OC(C)C)=C1. The predicted octanol–water partition coefficient (Wildman–Crippen LogP) is 2.39. The highest BCUT2D eigenvalue weighted by molar-refractivity contribution is 5.92. The van der Waals surface area contributed by atoms with Crippen molar-refractivity contribution in [2.75, 3.05) is 6.61 Å². The average Bonchev–Trinajstić information content (AvgIpc) is 2.17. The summed E-state index contributed by atoms with van der Waals surface area (Å²) in [5.74, 6) is 0.464. The molecule has 83 valence electrons. The van der Waals surface area contributed by atoms with Gasteiger partial charge < -0.3 is 9.47 Å². The number of rotatable bonds is 4. The molecule has 0 amide bonds. The van der Waals surface area contributed by atoms with E-state index in [1.807, 2.05) is 26.3 Å². The molecule has 0 aromatic carbocycles.